The number of aryl methyl sites for hydroxylation is 1. The summed E-state index contributed by atoms with van der Waals surface area (Å²) in [7, 11) is 1.54. The lowest BCUT2D eigenvalue weighted by molar-refractivity contribution is -0.137. The zero-order valence-corrected chi connectivity index (χ0v) is 25.4. The first-order chi connectivity index (χ1) is 22.2. The Morgan fingerprint density at radius 2 is 1.09 bits per heavy atom. The van der Waals surface area contributed by atoms with Gasteiger partial charge in [0.05, 0.1) is 37.0 Å². The number of methoxy groups -OCH3 is 1. The van der Waals surface area contributed by atoms with Gasteiger partial charge in [-0.15, -0.1) is 0 Å². The molecule has 4 rings (SSSR count). The van der Waals surface area contributed by atoms with Gasteiger partial charge in [-0.05, 0) is 116 Å². The highest BCUT2D eigenvalue weighted by Crippen LogP contribution is 2.26. The highest BCUT2D eigenvalue weighted by Gasteiger charge is 2.15. The molecule has 0 aliphatic heterocycles. The molecular weight excluding hydrogens is 592 g/mol. The van der Waals surface area contributed by atoms with E-state index in [0.29, 0.717) is 65.7 Å². The van der Waals surface area contributed by atoms with Crippen LogP contribution in [0.25, 0.3) is 0 Å². The lowest BCUT2D eigenvalue weighted by atomic mass is 10.2. The fraction of sp³-hybridized carbons (Fsp3) is 0.167. The standard InChI is InChI=1S/C36H32O10/c1-4-33(37)43-22-6-5-21-42-29-15-9-26(10-16-29)34(38)44-30-17-11-27(12-18-30)36(40)46-32-20-19-31(23-24(32)2)45-35(39)25-7-13-28(41-3)14-8-25/h4,7-20,23H,1,5-6,21-22H2,2-3H3. The lowest BCUT2D eigenvalue weighted by Gasteiger charge is -2.11. The first-order valence-electron chi connectivity index (χ1n) is 14.3. The van der Waals surface area contributed by atoms with Crippen LogP contribution in [0.15, 0.2) is 104 Å². The van der Waals surface area contributed by atoms with E-state index in [2.05, 4.69) is 6.58 Å². The molecule has 0 amide bonds. The number of unbranched alkanes of at least 4 members (excludes halogenated alkanes) is 1. The summed E-state index contributed by atoms with van der Waals surface area (Å²) >= 11 is 0. The van der Waals surface area contributed by atoms with Gasteiger partial charge in [-0.1, -0.05) is 6.58 Å². The Morgan fingerprint density at radius 1 is 0.609 bits per heavy atom. The quantitative estimate of drug-likeness (QED) is 0.0660. The number of benzene rings is 4. The van der Waals surface area contributed by atoms with E-state index in [9.17, 15) is 19.2 Å². The van der Waals surface area contributed by atoms with E-state index in [1.54, 1.807) is 67.6 Å². The number of hydrogen-bond donors (Lipinski definition) is 0. The van der Waals surface area contributed by atoms with Crippen molar-refractivity contribution in [3.63, 3.8) is 0 Å². The van der Waals surface area contributed by atoms with Crippen molar-refractivity contribution in [2.75, 3.05) is 20.3 Å². The Morgan fingerprint density at radius 3 is 1.63 bits per heavy atom. The summed E-state index contributed by atoms with van der Waals surface area (Å²) < 4.78 is 32.0. The molecule has 0 fully saturated rings. The van der Waals surface area contributed by atoms with Gasteiger partial charge in [0, 0.05) is 6.08 Å². The average Bonchev–Trinajstić information content (AvgIpc) is 3.07. The van der Waals surface area contributed by atoms with Gasteiger partial charge < -0.3 is 28.4 Å². The van der Waals surface area contributed by atoms with Crippen LogP contribution < -0.4 is 23.7 Å². The van der Waals surface area contributed by atoms with Crippen LogP contribution in [-0.2, 0) is 9.53 Å². The largest absolute Gasteiger partial charge is 0.497 e. The maximum atomic E-state index is 12.8. The molecular formula is C36H32O10. The molecule has 0 saturated carbocycles. The first kappa shape index (κ1) is 33.0. The second kappa shape index (κ2) is 16.2. The molecule has 46 heavy (non-hydrogen) atoms. The number of carbonyl (C=O) groups excluding carboxylic acids is 4. The molecule has 0 N–H and O–H groups in total. The van der Waals surface area contributed by atoms with E-state index in [-0.39, 0.29) is 11.3 Å². The summed E-state index contributed by atoms with van der Waals surface area (Å²) in [5.41, 5.74) is 1.51. The third-order valence-electron chi connectivity index (χ3n) is 6.49. The molecule has 0 aromatic heterocycles. The zero-order chi connectivity index (χ0) is 32.9. The van der Waals surface area contributed by atoms with Gasteiger partial charge in [-0.25, -0.2) is 19.2 Å². The summed E-state index contributed by atoms with van der Waals surface area (Å²) in [4.78, 5) is 48.8. The first-order valence-corrected chi connectivity index (χ1v) is 14.3. The van der Waals surface area contributed by atoms with Crippen molar-refractivity contribution in [1.29, 1.82) is 0 Å². The SMILES string of the molecule is C=CC(=O)OCCCCOc1ccc(C(=O)Oc2ccc(C(=O)Oc3ccc(OC(=O)c4ccc(OC)cc4)cc3C)cc2)cc1. The molecule has 0 bridgehead atoms. The second-order valence-electron chi connectivity index (χ2n) is 9.80. The smallest absolute Gasteiger partial charge is 0.343 e. The molecule has 236 valence electrons. The minimum absolute atomic E-state index is 0.245. The van der Waals surface area contributed by atoms with Gasteiger partial charge in [0.1, 0.15) is 28.7 Å². The van der Waals surface area contributed by atoms with E-state index < -0.39 is 23.9 Å². The van der Waals surface area contributed by atoms with Crippen LogP contribution >= 0.6 is 0 Å². The van der Waals surface area contributed by atoms with Crippen LogP contribution in [0.3, 0.4) is 0 Å². The minimum atomic E-state index is -0.614. The van der Waals surface area contributed by atoms with E-state index >= 15 is 0 Å². The number of esters is 4. The summed E-state index contributed by atoms with van der Waals surface area (Å²) in [6.45, 7) is 5.78. The Labute approximate surface area is 266 Å². The third kappa shape index (κ3) is 9.55. The van der Waals surface area contributed by atoms with Gasteiger partial charge in [-0.2, -0.15) is 0 Å². The van der Waals surface area contributed by atoms with E-state index in [1.807, 2.05) is 0 Å². The van der Waals surface area contributed by atoms with Crippen LogP contribution in [0.1, 0.15) is 49.5 Å². The van der Waals surface area contributed by atoms with E-state index in [4.69, 9.17) is 28.4 Å². The van der Waals surface area contributed by atoms with E-state index in [0.717, 1.165) is 6.08 Å². The Bertz CT molecular complexity index is 1670. The van der Waals surface area contributed by atoms with E-state index in [1.165, 1.54) is 37.4 Å². The monoisotopic (exact) mass is 624 g/mol. The normalized spacial score (nSPS) is 10.3. The topological polar surface area (TPSA) is 124 Å². The maximum Gasteiger partial charge on any atom is 0.343 e. The predicted molar refractivity (Wildman–Crippen MR) is 168 cm³/mol. The molecule has 0 heterocycles. The van der Waals surface area contributed by atoms with Gasteiger partial charge >= 0.3 is 23.9 Å². The van der Waals surface area contributed by atoms with Crippen molar-refractivity contribution >= 4 is 23.9 Å². The predicted octanol–water partition coefficient (Wildman–Crippen LogP) is 6.55. The Balaban J connectivity index is 1.24. The van der Waals surface area contributed by atoms with Gasteiger partial charge in [-0.3, -0.25) is 0 Å². The van der Waals surface area contributed by atoms with Crippen molar-refractivity contribution < 1.29 is 47.6 Å². The molecule has 4 aromatic carbocycles. The lowest BCUT2D eigenvalue weighted by Crippen LogP contribution is -2.11. The molecule has 0 spiro atoms. The molecule has 0 unspecified atom stereocenters. The summed E-state index contributed by atoms with van der Waals surface area (Å²) in [6, 6.07) is 23.6. The van der Waals surface area contributed by atoms with Crippen LogP contribution in [-0.4, -0.2) is 44.2 Å². The number of carbonyl (C=O) groups is 4. The van der Waals surface area contributed by atoms with Crippen LogP contribution in [0.5, 0.6) is 28.7 Å². The summed E-state index contributed by atoms with van der Waals surface area (Å²) in [5, 5.41) is 0. The van der Waals surface area contributed by atoms with Gasteiger partial charge in [0.2, 0.25) is 0 Å². The van der Waals surface area contributed by atoms with Gasteiger partial charge in [0.15, 0.2) is 0 Å². The second-order valence-corrected chi connectivity index (χ2v) is 9.80. The minimum Gasteiger partial charge on any atom is -0.497 e. The molecule has 10 heteroatoms. The highest BCUT2D eigenvalue weighted by atomic mass is 16.5. The molecule has 10 nitrogen and oxygen atoms in total. The van der Waals surface area contributed by atoms with Gasteiger partial charge in [0.25, 0.3) is 0 Å². The Kier molecular flexibility index (Phi) is 11.7. The fourth-order valence-corrected chi connectivity index (χ4v) is 3.99. The summed E-state index contributed by atoms with van der Waals surface area (Å²) in [5.74, 6) is -0.124. The molecule has 0 atom stereocenters. The number of ether oxygens (including phenoxy) is 6. The Hall–Kier alpha value is -5.90. The maximum absolute atomic E-state index is 12.8. The van der Waals surface area contributed by atoms with Crippen molar-refractivity contribution in [2.45, 2.75) is 19.8 Å². The molecule has 0 saturated heterocycles. The van der Waals surface area contributed by atoms with Crippen molar-refractivity contribution in [1.82, 2.24) is 0 Å². The summed E-state index contributed by atoms with van der Waals surface area (Å²) in [6.07, 6.45) is 2.46. The van der Waals surface area contributed by atoms with Crippen LogP contribution in [0.2, 0.25) is 0 Å². The fourth-order valence-electron chi connectivity index (χ4n) is 3.99. The number of hydrogen-bond acceptors (Lipinski definition) is 10. The number of rotatable bonds is 14. The zero-order valence-electron chi connectivity index (χ0n) is 25.4. The van der Waals surface area contributed by atoms with Crippen molar-refractivity contribution in [2.24, 2.45) is 0 Å². The molecule has 4 aromatic rings. The average molecular weight is 625 g/mol. The molecule has 0 aliphatic carbocycles. The molecule has 0 radical (unpaired) electrons. The van der Waals surface area contributed by atoms with Crippen molar-refractivity contribution in [3.8, 4) is 28.7 Å². The molecule has 0 aliphatic rings. The van der Waals surface area contributed by atoms with Crippen molar-refractivity contribution in [3.05, 3.63) is 126 Å². The van der Waals surface area contributed by atoms with Crippen LogP contribution in [0, 0.1) is 6.92 Å². The highest BCUT2D eigenvalue weighted by molar-refractivity contribution is 5.93. The third-order valence-corrected chi connectivity index (χ3v) is 6.49. The van der Waals surface area contributed by atoms with Crippen LogP contribution in [0.4, 0.5) is 0 Å².